The van der Waals surface area contributed by atoms with Crippen molar-refractivity contribution in [2.45, 2.75) is 30.5 Å². The predicted molar refractivity (Wildman–Crippen MR) is 79.5 cm³/mol. The Morgan fingerprint density at radius 2 is 1.11 bits per heavy atom. The van der Waals surface area contributed by atoms with Crippen molar-refractivity contribution in [2.24, 2.45) is 23.7 Å². The smallest absolute Gasteiger partial charge is 0.335 e. The van der Waals surface area contributed by atoms with Crippen LogP contribution < -0.4 is 0 Å². The second-order valence-electron chi connectivity index (χ2n) is 6.22. The minimum absolute atomic E-state index is 1.62. The summed E-state index contributed by atoms with van der Waals surface area (Å²) in [6, 6.07) is 0. The minimum atomic E-state index is -2.71. The number of carbonyl (C=O) groups excluding carboxylic acids is 1. The molecule has 0 aromatic heterocycles. The first kappa shape index (κ1) is 23.4. The molecule has 14 heteroatoms. The Kier molecular flexibility index (Phi) is 7.16. The van der Waals surface area contributed by atoms with E-state index >= 15 is 0 Å². The Balaban J connectivity index is 3.47. The fraction of sp³-hybridized carbons (Fsp3) is 0.643. The summed E-state index contributed by atoms with van der Waals surface area (Å²) in [5.41, 5.74) is 0. The van der Waals surface area contributed by atoms with Gasteiger partial charge in [-0.05, 0) is 0 Å². The number of hydrogen-bond acceptors (Lipinski definition) is 10. The number of Topliss-reactive ketones (excluding diaryl/α,β-unsaturated/α-hetero) is 1. The second kappa shape index (κ2) is 8.57. The molecular weight excluding hydrogens is 392 g/mol. The lowest BCUT2D eigenvalue weighted by Gasteiger charge is -2.43. The minimum Gasteiger partial charge on any atom is -0.481 e. The molecule has 0 heterocycles. The molecule has 0 aliphatic heterocycles. The monoisotopic (exact) mass is 410 g/mol. The average Bonchev–Trinajstić information content (AvgIpc) is 2.55. The van der Waals surface area contributed by atoms with E-state index in [0.29, 0.717) is 0 Å². The van der Waals surface area contributed by atoms with Crippen LogP contribution >= 0.6 is 0 Å². The zero-order valence-electron chi connectivity index (χ0n) is 13.8. The van der Waals surface area contributed by atoms with Gasteiger partial charge >= 0.3 is 23.9 Å². The van der Waals surface area contributed by atoms with Gasteiger partial charge in [0.2, 0.25) is 0 Å². The van der Waals surface area contributed by atoms with Crippen LogP contribution in [0.2, 0.25) is 0 Å². The van der Waals surface area contributed by atoms with Gasteiger partial charge in [-0.3, -0.25) is 19.2 Å². The van der Waals surface area contributed by atoms with Crippen LogP contribution in [0.25, 0.3) is 0 Å². The number of carboxylic acid groups (broad SMARTS) is 4. The van der Waals surface area contributed by atoms with Gasteiger partial charge in [0.15, 0.2) is 11.9 Å². The first-order chi connectivity index (χ1) is 12.7. The molecule has 1 aliphatic carbocycles. The molecule has 1 saturated carbocycles. The molecule has 1 aliphatic rings. The van der Waals surface area contributed by atoms with Crippen LogP contribution in [0.15, 0.2) is 0 Å². The molecule has 0 radical (unpaired) electrons. The fourth-order valence-electron chi connectivity index (χ4n) is 3.22. The molecule has 0 amide bonds. The van der Waals surface area contributed by atoms with Crippen molar-refractivity contribution in [3.63, 3.8) is 0 Å². The highest BCUT2D eigenvalue weighted by Crippen LogP contribution is 2.38. The number of aliphatic hydroxyl groups is 5. The quantitative estimate of drug-likeness (QED) is 0.170. The van der Waals surface area contributed by atoms with E-state index in [9.17, 15) is 54.6 Å². The summed E-state index contributed by atoms with van der Waals surface area (Å²) in [7, 11) is 0. The van der Waals surface area contributed by atoms with Gasteiger partial charge in [-0.25, -0.2) is 4.79 Å². The highest BCUT2D eigenvalue weighted by molar-refractivity contribution is 6.09. The van der Waals surface area contributed by atoms with Crippen LogP contribution in [0.4, 0.5) is 0 Å². The van der Waals surface area contributed by atoms with Crippen LogP contribution in [0.5, 0.6) is 0 Å². The van der Waals surface area contributed by atoms with Gasteiger partial charge in [-0.1, -0.05) is 0 Å². The summed E-state index contributed by atoms with van der Waals surface area (Å²) in [6.07, 6.45) is -13.1. The van der Waals surface area contributed by atoms with Gasteiger partial charge < -0.3 is 46.0 Å². The molecule has 1 rings (SSSR count). The Morgan fingerprint density at radius 3 is 1.39 bits per heavy atom. The van der Waals surface area contributed by atoms with Crippen molar-refractivity contribution in [1.29, 1.82) is 0 Å². The van der Waals surface area contributed by atoms with E-state index in [1.54, 1.807) is 0 Å². The molecule has 0 bridgehead atoms. The number of ketones is 1. The average molecular weight is 410 g/mol. The van der Waals surface area contributed by atoms with Crippen molar-refractivity contribution in [1.82, 2.24) is 0 Å². The Hall–Kier alpha value is -2.65. The lowest BCUT2D eigenvalue weighted by molar-refractivity contribution is -0.194. The third-order valence-corrected chi connectivity index (χ3v) is 4.61. The van der Waals surface area contributed by atoms with Gasteiger partial charge in [0.1, 0.15) is 17.9 Å². The fourth-order valence-corrected chi connectivity index (χ4v) is 3.22. The van der Waals surface area contributed by atoms with E-state index in [1.165, 1.54) is 0 Å². The number of carbonyl (C=O) groups is 5. The summed E-state index contributed by atoms with van der Waals surface area (Å²) in [5, 5.41) is 85.4. The van der Waals surface area contributed by atoms with Gasteiger partial charge in [-0.15, -0.1) is 0 Å². The van der Waals surface area contributed by atoms with Crippen molar-refractivity contribution in [2.75, 3.05) is 0 Å². The van der Waals surface area contributed by atoms with Gasteiger partial charge in [-0.2, -0.15) is 0 Å². The summed E-state index contributed by atoms with van der Waals surface area (Å²) in [6.45, 7) is 0. The van der Waals surface area contributed by atoms with Crippen LogP contribution in [0.3, 0.4) is 0 Å². The molecule has 8 unspecified atom stereocenters. The number of hydrogen-bond donors (Lipinski definition) is 9. The van der Waals surface area contributed by atoms with Gasteiger partial charge in [0.05, 0.1) is 24.2 Å². The summed E-state index contributed by atoms with van der Waals surface area (Å²) < 4.78 is 0. The highest BCUT2D eigenvalue weighted by atomic mass is 16.4. The SMILES string of the molecule is O=C(O)C(O)C(O)C(O)C(C(=O)O)C1C(O)C(C(=O)O)C(=O)C(C(=O)O)C1O. The lowest BCUT2D eigenvalue weighted by atomic mass is 9.64. The molecular formula is C14H18O14. The van der Waals surface area contributed by atoms with Crippen LogP contribution in [-0.4, -0.2) is 106 Å². The van der Waals surface area contributed by atoms with Crippen molar-refractivity contribution in [3.05, 3.63) is 0 Å². The van der Waals surface area contributed by atoms with Crippen molar-refractivity contribution < 1.29 is 69.9 Å². The zero-order valence-corrected chi connectivity index (χ0v) is 13.8. The normalized spacial score (nSPS) is 32.0. The molecule has 0 spiro atoms. The van der Waals surface area contributed by atoms with Crippen molar-refractivity contribution >= 4 is 29.7 Å². The predicted octanol–water partition coefficient (Wildman–Crippen LogP) is -4.82. The molecule has 9 N–H and O–H groups in total. The van der Waals surface area contributed by atoms with Gasteiger partial charge in [0, 0.05) is 5.92 Å². The maximum atomic E-state index is 12.0. The molecule has 14 nitrogen and oxygen atoms in total. The molecule has 0 saturated heterocycles. The maximum absolute atomic E-state index is 12.0. The lowest BCUT2D eigenvalue weighted by Crippen LogP contribution is -2.63. The zero-order chi connectivity index (χ0) is 22.1. The summed E-state index contributed by atoms with van der Waals surface area (Å²) in [4.78, 5) is 56.8. The Labute approximate surface area is 154 Å². The molecule has 0 aromatic rings. The topological polar surface area (TPSA) is 267 Å². The van der Waals surface area contributed by atoms with Crippen LogP contribution in [-0.2, 0) is 24.0 Å². The molecule has 0 aromatic carbocycles. The van der Waals surface area contributed by atoms with E-state index in [1.807, 2.05) is 0 Å². The summed E-state index contributed by atoms with van der Waals surface area (Å²) >= 11 is 0. The standard InChI is InChI=1S/C14H18O14/c15-5-1(2(11(21)22)8(18)9(19)10(20)14(27)28)6(16)4(13(25)26)7(17)3(5)12(23)24/h1-6,8-10,15-16,18-20H,(H,21,22)(H,23,24)(H,25,26)(H,27,28). The first-order valence-electron chi connectivity index (χ1n) is 7.60. The van der Waals surface area contributed by atoms with Crippen molar-refractivity contribution in [3.8, 4) is 0 Å². The number of carboxylic acids is 4. The van der Waals surface area contributed by atoms with E-state index < -0.39 is 83.9 Å². The second-order valence-corrected chi connectivity index (χ2v) is 6.22. The third-order valence-electron chi connectivity index (χ3n) is 4.61. The van der Waals surface area contributed by atoms with E-state index in [4.69, 9.17) is 15.3 Å². The number of aliphatic hydroxyl groups excluding tert-OH is 5. The van der Waals surface area contributed by atoms with Crippen LogP contribution in [0, 0.1) is 23.7 Å². The van der Waals surface area contributed by atoms with Gasteiger partial charge in [0.25, 0.3) is 0 Å². The van der Waals surface area contributed by atoms with E-state index in [-0.39, 0.29) is 0 Å². The van der Waals surface area contributed by atoms with Crippen LogP contribution in [0.1, 0.15) is 0 Å². The molecule has 8 atom stereocenters. The van der Waals surface area contributed by atoms with E-state index in [2.05, 4.69) is 0 Å². The largest absolute Gasteiger partial charge is 0.481 e. The number of rotatable bonds is 8. The summed E-state index contributed by atoms with van der Waals surface area (Å²) in [5.74, 6) is -19.7. The highest BCUT2D eigenvalue weighted by Gasteiger charge is 2.60. The Bertz CT molecular complexity index is 643. The third kappa shape index (κ3) is 4.10. The first-order valence-corrected chi connectivity index (χ1v) is 7.60. The van der Waals surface area contributed by atoms with E-state index in [0.717, 1.165) is 0 Å². The maximum Gasteiger partial charge on any atom is 0.335 e. The molecule has 28 heavy (non-hydrogen) atoms. The molecule has 158 valence electrons. The number of aliphatic carboxylic acids is 4. The molecule has 1 fully saturated rings. The Morgan fingerprint density at radius 1 is 0.714 bits per heavy atom.